The maximum atomic E-state index is 5.46. The first-order chi connectivity index (χ1) is 7.31. The van der Waals surface area contributed by atoms with Crippen molar-refractivity contribution < 1.29 is 0 Å². The van der Waals surface area contributed by atoms with Crippen LogP contribution in [-0.4, -0.2) is 23.5 Å². The third-order valence-electron chi connectivity index (χ3n) is 2.13. The Balaban J connectivity index is 2.13. The zero-order valence-corrected chi connectivity index (χ0v) is 8.98. The van der Waals surface area contributed by atoms with Crippen LogP contribution in [0.15, 0.2) is 12.5 Å². The summed E-state index contributed by atoms with van der Waals surface area (Å²) in [6.07, 6.45) is 3.85. The van der Waals surface area contributed by atoms with Crippen LogP contribution in [-0.2, 0) is 13.5 Å². The molecule has 7 nitrogen and oxygen atoms in total. The summed E-state index contributed by atoms with van der Waals surface area (Å²) in [6.45, 7) is 0. The first kappa shape index (κ1) is 10.1. The van der Waals surface area contributed by atoms with Gasteiger partial charge >= 0.3 is 0 Å². The van der Waals surface area contributed by atoms with E-state index in [0.29, 0.717) is 6.42 Å². The van der Waals surface area contributed by atoms with Gasteiger partial charge in [-0.3, -0.25) is 16.0 Å². The standard InChI is InChI=1S/C7H11N7S/c1-14-7(9-4-10-14)2-5(12-8)6-3-11-15-13-6/h3-5,12H,2,8H2,1H3. The van der Waals surface area contributed by atoms with E-state index >= 15 is 0 Å². The summed E-state index contributed by atoms with van der Waals surface area (Å²) in [5, 5.41) is 3.99. The van der Waals surface area contributed by atoms with Gasteiger partial charge in [0.1, 0.15) is 12.2 Å². The fourth-order valence-corrected chi connectivity index (χ4v) is 1.73. The van der Waals surface area contributed by atoms with Crippen molar-refractivity contribution in [3.63, 3.8) is 0 Å². The third-order valence-corrected chi connectivity index (χ3v) is 2.62. The van der Waals surface area contributed by atoms with E-state index in [2.05, 4.69) is 24.3 Å². The van der Waals surface area contributed by atoms with E-state index in [1.54, 1.807) is 10.9 Å². The zero-order valence-electron chi connectivity index (χ0n) is 8.16. The molecular formula is C7H11N7S. The quantitative estimate of drug-likeness (QED) is 0.533. The van der Waals surface area contributed by atoms with Gasteiger partial charge in [-0.1, -0.05) is 0 Å². The van der Waals surface area contributed by atoms with Crippen LogP contribution in [0.2, 0.25) is 0 Å². The van der Waals surface area contributed by atoms with E-state index in [1.165, 1.54) is 6.33 Å². The van der Waals surface area contributed by atoms with Crippen molar-refractivity contribution in [3.8, 4) is 0 Å². The number of hydrazine groups is 1. The smallest absolute Gasteiger partial charge is 0.138 e. The largest absolute Gasteiger partial charge is 0.271 e. The van der Waals surface area contributed by atoms with Crippen LogP contribution < -0.4 is 11.3 Å². The van der Waals surface area contributed by atoms with Crippen molar-refractivity contribution in [2.24, 2.45) is 12.9 Å². The number of hydrogen-bond donors (Lipinski definition) is 2. The lowest BCUT2D eigenvalue weighted by Crippen LogP contribution is -2.30. The maximum absolute atomic E-state index is 5.46. The third kappa shape index (κ3) is 2.17. The Morgan fingerprint density at radius 2 is 2.53 bits per heavy atom. The molecule has 0 aliphatic carbocycles. The summed E-state index contributed by atoms with van der Waals surface area (Å²) in [6, 6.07) is -0.0772. The van der Waals surface area contributed by atoms with Gasteiger partial charge in [-0.25, -0.2) is 4.98 Å². The van der Waals surface area contributed by atoms with Gasteiger partial charge in [-0.2, -0.15) is 13.8 Å². The maximum Gasteiger partial charge on any atom is 0.138 e. The van der Waals surface area contributed by atoms with Gasteiger partial charge in [0.05, 0.1) is 29.7 Å². The summed E-state index contributed by atoms with van der Waals surface area (Å²) < 4.78 is 9.78. The molecule has 0 amide bonds. The summed E-state index contributed by atoms with van der Waals surface area (Å²) in [4.78, 5) is 4.12. The minimum Gasteiger partial charge on any atom is -0.271 e. The second-order valence-electron chi connectivity index (χ2n) is 3.06. The fraction of sp³-hybridized carbons (Fsp3) is 0.429. The lowest BCUT2D eigenvalue weighted by Gasteiger charge is -2.11. The predicted octanol–water partition coefficient (Wildman–Crippen LogP) is -0.586. The average Bonchev–Trinajstić information content (AvgIpc) is 2.86. The van der Waals surface area contributed by atoms with E-state index in [0.717, 1.165) is 23.2 Å². The SMILES string of the molecule is Cn1ncnc1CC(NN)c1cnsn1. The van der Waals surface area contributed by atoms with Crippen molar-refractivity contribution in [2.75, 3.05) is 0 Å². The topological polar surface area (TPSA) is 94.5 Å². The van der Waals surface area contributed by atoms with Crippen LogP contribution in [0.4, 0.5) is 0 Å². The fourth-order valence-electron chi connectivity index (χ4n) is 1.26. The van der Waals surface area contributed by atoms with Crippen molar-refractivity contribution >= 4 is 11.7 Å². The predicted molar refractivity (Wildman–Crippen MR) is 54.7 cm³/mol. The Labute approximate surface area is 90.6 Å². The molecule has 0 saturated heterocycles. The molecule has 0 spiro atoms. The molecule has 8 heteroatoms. The van der Waals surface area contributed by atoms with Crippen LogP contribution >= 0.6 is 11.7 Å². The highest BCUT2D eigenvalue weighted by Gasteiger charge is 2.15. The number of aryl methyl sites for hydroxylation is 1. The van der Waals surface area contributed by atoms with Crippen LogP contribution in [0.3, 0.4) is 0 Å². The van der Waals surface area contributed by atoms with Gasteiger partial charge < -0.3 is 0 Å². The molecule has 2 rings (SSSR count). The van der Waals surface area contributed by atoms with Gasteiger partial charge in [0, 0.05) is 13.5 Å². The van der Waals surface area contributed by atoms with Crippen LogP contribution in [0.25, 0.3) is 0 Å². The van der Waals surface area contributed by atoms with Crippen LogP contribution in [0, 0.1) is 0 Å². The second kappa shape index (κ2) is 4.43. The van der Waals surface area contributed by atoms with E-state index in [9.17, 15) is 0 Å². The summed E-state index contributed by atoms with van der Waals surface area (Å²) in [5.41, 5.74) is 3.52. The molecule has 0 aliphatic rings. The molecule has 0 saturated carbocycles. The molecule has 2 aromatic rings. The van der Waals surface area contributed by atoms with Gasteiger partial charge in [-0.15, -0.1) is 0 Å². The molecule has 0 fully saturated rings. The average molecular weight is 225 g/mol. The Morgan fingerprint density at radius 3 is 3.07 bits per heavy atom. The van der Waals surface area contributed by atoms with Crippen LogP contribution in [0.5, 0.6) is 0 Å². The first-order valence-electron chi connectivity index (χ1n) is 4.37. The molecule has 80 valence electrons. The number of aromatic nitrogens is 5. The molecule has 0 radical (unpaired) electrons. The summed E-state index contributed by atoms with van der Waals surface area (Å²) >= 11 is 1.16. The van der Waals surface area contributed by atoms with E-state index in [4.69, 9.17) is 5.84 Å². The van der Waals surface area contributed by atoms with Crippen molar-refractivity contribution in [1.29, 1.82) is 0 Å². The highest BCUT2D eigenvalue weighted by molar-refractivity contribution is 6.99. The first-order valence-corrected chi connectivity index (χ1v) is 5.10. The molecule has 0 bridgehead atoms. The number of hydrogen-bond acceptors (Lipinski definition) is 7. The molecule has 0 aromatic carbocycles. The highest BCUT2D eigenvalue weighted by Crippen LogP contribution is 2.13. The molecule has 1 atom stereocenters. The Morgan fingerprint density at radius 1 is 1.67 bits per heavy atom. The van der Waals surface area contributed by atoms with Crippen molar-refractivity contribution in [3.05, 3.63) is 24.0 Å². The molecule has 15 heavy (non-hydrogen) atoms. The van der Waals surface area contributed by atoms with E-state index in [-0.39, 0.29) is 6.04 Å². The lowest BCUT2D eigenvalue weighted by molar-refractivity contribution is 0.515. The van der Waals surface area contributed by atoms with E-state index in [1.807, 2.05) is 7.05 Å². The minimum absolute atomic E-state index is 0.0772. The summed E-state index contributed by atoms with van der Waals surface area (Å²) in [5.74, 6) is 6.31. The molecule has 1 unspecified atom stereocenters. The second-order valence-corrected chi connectivity index (χ2v) is 3.61. The van der Waals surface area contributed by atoms with Gasteiger partial charge in [0.15, 0.2) is 0 Å². The van der Waals surface area contributed by atoms with Gasteiger partial charge in [0.25, 0.3) is 0 Å². The number of nitrogens with two attached hydrogens (primary N) is 1. The Bertz CT molecular complexity index is 409. The van der Waals surface area contributed by atoms with Crippen molar-refractivity contribution in [2.45, 2.75) is 12.5 Å². The number of nitrogens with one attached hydrogen (secondary N) is 1. The summed E-state index contributed by atoms with van der Waals surface area (Å²) in [7, 11) is 1.84. The number of nitrogens with zero attached hydrogens (tertiary/aromatic N) is 5. The van der Waals surface area contributed by atoms with E-state index < -0.39 is 0 Å². The highest BCUT2D eigenvalue weighted by atomic mass is 32.1. The minimum atomic E-state index is -0.0772. The Kier molecular flexibility index (Phi) is 2.99. The monoisotopic (exact) mass is 225 g/mol. The van der Waals surface area contributed by atoms with Gasteiger partial charge in [0.2, 0.25) is 0 Å². The van der Waals surface area contributed by atoms with Crippen molar-refractivity contribution in [1.82, 2.24) is 28.9 Å². The Hall–Kier alpha value is -1.38. The normalized spacial score (nSPS) is 12.9. The zero-order chi connectivity index (χ0) is 10.7. The molecule has 2 heterocycles. The lowest BCUT2D eigenvalue weighted by atomic mass is 10.1. The molecule has 3 N–H and O–H groups in total. The molecule has 0 aliphatic heterocycles. The van der Waals surface area contributed by atoms with Gasteiger partial charge in [-0.05, 0) is 0 Å². The molecule has 2 aromatic heterocycles. The number of rotatable bonds is 4. The molecular weight excluding hydrogens is 214 g/mol. The van der Waals surface area contributed by atoms with Crippen LogP contribution in [0.1, 0.15) is 17.6 Å².